The van der Waals surface area contributed by atoms with Gasteiger partial charge in [-0.15, -0.1) is 0 Å². The fourth-order valence-electron chi connectivity index (χ4n) is 3.07. The Morgan fingerprint density at radius 3 is 2.43 bits per heavy atom. The van der Waals surface area contributed by atoms with Gasteiger partial charge in [-0.05, 0) is 38.1 Å². The Morgan fingerprint density at radius 1 is 1.21 bits per heavy atom. The summed E-state index contributed by atoms with van der Waals surface area (Å²) in [7, 11) is 0. The summed E-state index contributed by atoms with van der Waals surface area (Å²) in [4.78, 5) is 11.4. The van der Waals surface area contributed by atoms with Crippen molar-refractivity contribution >= 4 is 5.97 Å². The lowest BCUT2D eigenvalue weighted by molar-refractivity contribution is -0.147. The van der Waals surface area contributed by atoms with Crippen LogP contribution in [0, 0.1) is 5.92 Å². The zero-order valence-corrected chi connectivity index (χ0v) is 8.59. The topological polar surface area (TPSA) is 49.3 Å². The van der Waals surface area contributed by atoms with Gasteiger partial charge in [0.15, 0.2) is 0 Å². The van der Waals surface area contributed by atoms with Gasteiger partial charge in [0.25, 0.3) is 0 Å². The van der Waals surface area contributed by atoms with Crippen molar-refractivity contribution in [1.82, 2.24) is 5.32 Å². The number of carboxylic acids is 1. The van der Waals surface area contributed by atoms with Gasteiger partial charge < -0.3 is 10.4 Å². The smallest absolute Gasteiger partial charge is 0.324 e. The standard InChI is InChI=1S/C11H19NO2/c13-10(14)11(7-4-8-12-11)9-5-2-1-3-6-9/h9,12H,1-8H2,(H,13,14)/t11-/m0/s1. The van der Waals surface area contributed by atoms with Gasteiger partial charge in [0.2, 0.25) is 0 Å². The first-order valence-corrected chi connectivity index (χ1v) is 5.74. The number of carboxylic acid groups (broad SMARTS) is 1. The van der Waals surface area contributed by atoms with E-state index >= 15 is 0 Å². The van der Waals surface area contributed by atoms with Gasteiger partial charge in [0.1, 0.15) is 5.54 Å². The first-order valence-electron chi connectivity index (χ1n) is 5.74. The molecule has 1 saturated heterocycles. The summed E-state index contributed by atoms with van der Waals surface area (Å²) in [6, 6.07) is 0. The van der Waals surface area contributed by atoms with Crippen molar-refractivity contribution in [2.75, 3.05) is 6.54 Å². The summed E-state index contributed by atoms with van der Waals surface area (Å²) in [5, 5.41) is 12.6. The molecule has 0 unspecified atom stereocenters. The maximum absolute atomic E-state index is 11.4. The molecule has 1 saturated carbocycles. The Kier molecular flexibility index (Phi) is 2.77. The second-order valence-electron chi connectivity index (χ2n) is 4.64. The van der Waals surface area contributed by atoms with Crippen LogP contribution in [0.25, 0.3) is 0 Å². The minimum Gasteiger partial charge on any atom is -0.480 e. The van der Waals surface area contributed by atoms with E-state index in [4.69, 9.17) is 0 Å². The van der Waals surface area contributed by atoms with Crippen molar-refractivity contribution in [2.45, 2.75) is 50.5 Å². The molecule has 2 rings (SSSR count). The minimum atomic E-state index is -0.623. The molecule has 1 aliphatic heterocycles. The average molecular weight is 197 g/mol. The highest BCUT2D eigenvalue weighted by Crippen LogP contribution is 2.37. The van der Waals surface area contributed by atoms with Crippen LogP contribution in [-0.4, -0.2) is 23.2 Å². The Bertz CT molecular complexity index is 215. The highest BCUT2D eigenvalue weighted by atomic mass is 16.4. The van der Waals surface area contributed by atoms with E-state index < -0.39 is 11.5 Å². The van der Waals surface area contributed by atoms with E-state index in [2.05, 4.69) is 5.32 Å². The van der Waals surface area contributed by atoms with Crippen LogP contribution in [0.2, 0.25) is 0 Å². The SMILES string of the molecule is O=C(O)[C@@]1(C2CCCCC2)CCCN1. The van der Waals surface area contributed by atoms with Gasteiger partial charge in [-0.2, -0.15) is 0 Å². The van der Waals surface area contributed by atoms with Gasteiger partial charge >= 0.3 is 5.97 Å². The first kappa shape index (κ1) is 9.97. The maximum atomic E-state index is 11.4. The first-order chi connectivity index (χ1) is 6.76. The number of nitrogens with one attached hydrogen (secondary N) is 1. The number of carbonyl (C=O) groups is 1. The molecule has 1 aliphatic carbocycles. The van der Waals surface area contributed by atoms with Crippen molar-refractivity contribution in [3.8, 4) is 0 Å². The van der Waals surface area contributed by atoms with Crippen molar-refractivity contribution in [1.29, 1.82) is 0 Å². The number of aliphatic carboxylic acids is 1. The average Bonchev–Trinajstić information content (AvgIpc) is 2.69. The third-order valence-corrected chi connectivity index (χ3v) is 3.87. The molecule has 1 atom stereocenters. The second-order valence-corrected chi connectivity index (χ2v) is 4.64. The fraction of sp³-hybridized carbons (Fsp3) is 0.909. The summed E-state index contributed by atoms with van der Waals surface area (Å²) < 4.78 is 0. The van der Waals surface area contributed by atoms with Crippen LogP contribution in [0.1, 0.15) is 44.9 Å². The Hall–Kier alpha value is -0.570. The lowest BCUT2D eigenvalue weighted by Gasteiger charge is -2.36. The van der Waals surface area contributed by atoms with Crippen LogP contribution in [0.5, 0.6) is 0 Å². The monoisotopic (exact) mass is 197 g/mol. The fourth-order valence-corrected chi connectivity index (χ4v) is 3.07. The van der Waals surface area contributed by atoms with E-state index in [0.717, 1.165) is 32.2 Å². The van der Waals surface area contributed by atoms with E-state index in [1.807, 2.05) is 0 Å². The van der Waals surface area contributed by atoms with Crippen LogP contribution >= 0.6 is 0 Å². The predicted octanol–water partition coefficient (Wildman–Crippen LogP) is 1.77. The largest absolute Gasteiger partial charge is 0.480 e. The zero-order chi connectivity index (χ0) is 10.0. The molecule has 0 aromatic carbocycles. The summed E-state index contributed by atoms with van der Waals surface area (Å²) in [6.45, 7) is 0.878. The van der Waals surface area contributed by atoms with Crippen molar-refractivity contribution < 1.29 is 9.90 Å². The molecule has 0 spiro atoms. The number of hydrogen-bond donors (Lipinski definition) is 2. The summed E-state index contributed by atoms with van der Waals surface area (Å²) in [5.74, 6) is -0.252. The lowest BCUT2D eigenvalue weighted by atomic mass is 9.74. The van der Waals surface area contributed by atoms with E-state index in [-0.39, 0.29) is 0 Å². The van der Waals surface area contributed by atoms with Crippen LogP contribution in [0.3, 0.4) is 0 Å². The molecule has 3 nitrogen and oxygen atoms in total. The molecule has 0 aromatic heterocycles. The molecule has 3 heteroatoms. The molecule has 2 N–H and O–H groups in total. The third kappa shape index (κ3) is 1.54. The van der Waals surface area contributed by atoms with E-state index in [0.29, 0.717) is 5.92 Å². The minimum absolute atomic E-state index is 0.372. The normalized spacial score (nSPS) is 34.6. The Labute approximate surface area is 84.9 Å². The molecule has 2 fully saturated rings. The van der Waals surface area contributed by atoms with Crippen LogP contribution in [0.4, 0.5) is 0 Å². The van der Waals surface area contributed by atoms with Gasteiger partial charge in [-0.25, -0.2) is 0 Å². The van der Waals surface area contributed by atoms with Crippen molar-refractivity contribution in [2.24, 2.45) is 5.92 Å². The van der Waals surface area contributed by atoms with Gasteiger partial charge in [0.05, 0.1) is 0 Å². The third-order valence-electron chi connectivity index (χ3n) is 3.87. The number of rotatable bonds is 2. The molecular formula is C11H19NO2. The molecule has 0 amide bonds. The summed E-state index contributed by atoms with van der Waals surface area (Å²) in [5.41, 5.74) is -0.569. The van der Waals surface area contributed by atoms with Gasteiger partial charge in [0, 0.05) is 0 Å². The van der Waals surface area contributed by atoms with E-state index in [1.54, 1.807) is 0 Å². The quantitative estimate of drug-likeness (QED) is 0.709. The van der Waals surface area contributed by atoms with Gasteiger partial charge in [-0.1, -0.05) is 19.3 Å². The predicted molar refractivity (Wildman–Crippen MR) is 54.2 cm³/mol. The van der Waals surface area contributed by atoms with E-state index in [1.165, 1.54) is 19.3 Å². The highest BCUT2D eigenvalue weighted by molar-refractivity contribution is 5.79. The summed E-state index contributed by atoms with van der Waals surface area (Å²) >= 11 is 0. The molecular weight excluding hydrogens is 178 g/mol. The number of hydrogen-bond acceptors (Lipinski definition) is 2. The van der Waals surface area contributed by atoms with E-state index in [9.17, 15) is 9.90 Å². The summed E-state index contributed by atoms with van der Waals surface area (Å²) in [6.07, 6.45) is 7.74. The van der Waals surface area contributed by atoms with Crippen LogP contribution in [-0.2, 0) is 4.79 Å². The Balaban J connectivity index is 2.12. The lowest BCUT2D eigenvalue weighted by Crippen LogP contribution is -2.54. The molecule has 0 aromatic rings. The van der Waals surface area contributed by atoms with Crippen molar-refractivity contribution in [3.63, 3.8) is 0 Å². The molecule has 1 heterocycles. The molecule has 14 heavy (non-hydrogen) atoms. The zero-order valence-electron chi connectivity index (χ0n) is 8.59. The molecule has 0 bridgehead atoms. The molecule has 80 valence electrons. The van der Waals surface area contributed by atoms with Crippen LogP contribution in [0.15, 0.2) is 0 Å². The highest BCUT2D eigenvalue weighted by Gasteiger charge is 2.47. The maximum Gasteiger partial charge on any atom is 0.324 e. The Morgan fingerprint density at radius 2 is 1.93 bits per heavy atom. The van der Waals surface area contributed by atoms with Gasteiger partial charge in [-0.3, -0.25) is 4.79 Å². The molecule has 2 aliphatic rings. The van der Waals surface area contributed by atoms with Crippen molar-refractivity contribution in [3.05, 3.63) is 0 Å². The second kappa shape index (κ2) is 3.89. The molecule has 0 radical (unpaired) electrons. The van der Waals surface area contributed by atoms with Crippen LogP contribution < -0.4 is 5.32 Å².